The minimum Gasteiger partial charge on any atom is -0.449 e. The van der Waals surface area contributed by atoms with Gasteiger partial charge >= 0.3 is 5.97 Å². The molecular weight excluding hydrogens is 290 g/mol. The van der Waals surface area contributed by atoms with Crippen LogP contribution in [0.2, 0.25) is 0 Å². The normalized spacial score (nSPS) is 24.8. The van der Waals surface area contributed by atoms with Gasteiger partial charge in [-0.3, -0.25) is 0 Å². The third-order valence-electron chi connectivity index (χ3n) is 1.42. The number of esters is 1. The summed E-state index contributed by atoms with van der Waals surface area (Å²) in [6.45, 7) is 1.60. The number of ether oxygens (including phenoxy) is 1. The first-order chi connectivity index (χ1) is 5.34. The third-order valence-corrected chi connectivity index (χ3v) is 3.02. The summed E-state index contributed by atoms with van der Waals surface area (Å²) in [7, 11) is 0. The van der Waals surface area contributed by atoms with Crippen molar-refractivity contribution in [3.63, 3.8) is 0 Å². The number of halogens is 4. The zero-order valence-electron chi connectivity index (χ0n) is 5.91. The Morgan fingerprint density at radius 1 is 1.50 bits per heavy atom. The molecule has 1 rings (SSSR count). The second kappa shape index (κ2) is 3.37. The highest BCUT2D eigenvalue weighted by Crippen LogP contribution is 2.42. The van der Waals surface area contributed by atoms with Gasteiger partial charge in [0.15, 0.2) is 6.10 Å². The summed E-state index contributed by atoms with van der Waals surface area (Å²) in [5.41, 5.74) is 0.436. The van der Waals surface area contributed by atoms with Crippen molar-refractivity contribution in [2.75, 3.05) is 0 Å². The van der Waals surface area contributed by atoms with Crippen molar-refractivity contribution in [3.8, 4) is 0 Å². The molecule has 12 heavy (non-hydrogen) atoms. The molecule has 0 fully saturated rings. The van der Waals surface area contributed by atoms with E-state index in [9.17, 15) is 4.79 Å². The molecule has 0 saturated heterocycles. The van der Waals surface area contributed by atoms with Crippen molar-refractivity contribution < 1.29 is 9.53 Å². The summed E-state index contributed by atoms with van der Waals surface area (Å²) in [6, 6.07) is 0. The molecular formula is C6H4BrCl3O2. The molecule has 1 aliphatic heterocycles. The van der Waals surface area contributed by atoms with Crippen LogP contribution in [0, 0.1) is 0 Å². The minimum atomic E-state index is -1.62. The predicted octanol–water partition coefficient (Wildman–Crippen LogP) is 2.95. The Morgan fingerprint density at radius 2 is 2.00 bits per heavy atom. The van der Waals surface area contributed by atoms with Crippen LogP contribution in [0.4, 0.5) is 0 Å². The van der Waals surface area contributed by atoms with Crippen LogP contribution < -0.4 is 0 Å². The summed E-state index contributed by atoms with van der Waals surface area (Å²) in [5.74, 6) is -0.460. The summed E-state index contributed by atoms with van der Waals surface area (Å²) in [4.78, 5) is 11.0. The molecule has 0 radical (unpaired) electrons. The first kappa shape index (κ1) is 10.6. The smallest absolute Gasteiger partial charge is 0.335 e. The monoisotopic (exact) mass is 292 g/mol. The summed E-state index contributed by atoms with van der Waals surface area (Å²) >= 11 is 19.8. The Labute approximate surface area is 92.9 Å². The van der Waals surface area contributed by atoms with Gasteiger partial charge in [-0.2, -0.15) is 0 Å². The van der Waals surface area contributed by atoms with Gasteiger partial charge < -0.3 is 4.74 Å². The van der Waals surface area contributed by atoms with Crippen LogP contribution >= 0.6 is 50.7 Å². The van der Waals surface area contributed by atoms with Crippen molar-refractivity contribution in [3.05, 3.63) is 10.1 Å². The molecule has 0 spiro atoms. The van der Waals surface area contributed by atoms with Gasteiger partial charge in [-0.25, -0.2) is 4.79 Å². The van der Waals surface area contributed by atoms with E-state index >= 15 is 0 Å². The van der Waals surface area contributed by atoms with Gasteiger partial charge in [0.1, 0.15) is 0 Å². The van der Waals surface area contributed by atoms with Crippen molar-refractivity contribution in [1.29, 1.82) is 0 Å². The zero-order chi connectivity index (χ0) is 9.52. The van der Waals surface area contributed by atoms with Gasteiger partial charge in [0.25, 0.3) is 0 Å². The summed E-state index contributed by atoms with van der Waals surface area (Å²) in [6.07, 6.45) is -0.824. The van der Waals surface area contributed by atoms with E-state index in [1.165, 1.54) is 0 Å². The molecule has 6 heteroatoms. The molecule has 2 nitrogen and oxygen atoms in total. The minimum absolute atomic E-state index is 0.436. The lowest BCUT2D eigenvalue weighted by Crippen LogP contribution is -2.26. The molecule has 68 valence electrons. The quantitative estimate of drug-likeness (QED) is 0.507. The summed E-state index contributed by atoms with van der Waals surface area (Å²) < 4.78 is 3.67. The maximum Gasteiger partial charge on any atom is 0.335 e. The third kappa shape index (κ3) is 1.90. The van der Waals surface area contributed by atoms with Crippen LogP contribution in [-0.2, 0) is 9.53 Å². The average molecular weight is 294 g/mol. The molecule has 0 aromatic heterocycles. The molecule has 1 atom stereocenters. The molecule has 0 N–H and O–H groups in total. The Morgan fingerprint density at radius 3 is 2.17 bits per heavy atom. The highest BCUT2D eigenvalue weighted by molar-refractivity contribution is 9.11. The Kier molecular flexibility index (Phi) is 2.99. The second-order valence-electron chi connectivity index (χ2n) is 2.30. The van der Waals surface area contributed by atoms with E-state index in [-0.39, 0.29) is 0 Å². The van der Waals surface area contributed by atoms with Crippen molar-refractivity contribution in [2.24, 2.45) is 0 Å². The molecule has 0 amide bonds. The number of carbonyl (C=O) groups is 1. The van der Waals surface area contributed by atoms with Gasteiger partial charge in [0, 0.05) is 5.57 Å². The van der Waals surface area contributed by atoms with E-state index in [0.717, 1.165) is 0 Å². The highest BCUT2D eigenvalue weighted by atomic mass is 79.9. The van der Waals surface area contributed by atoms with Crippen LogP contribution in [0.5, 0.6) is 0 Å². The SMILES string of the molecule is CC1=C(Br)[C@H](C(Cl)(Cl)Cl)OC1=O. The van der Waals surface area contributed by atoms with E-state index in [1.807, 2.05) is 0 Å². The predicted molar refractivity (Wildman–Crippen MR) is 51.8 cm³/mol. The lowest BCUT2D eigenvalue weighted by molar-refractivity contribution is -0.139. The number of hydrogen-bond acceptors (Lipinski definition) is 2. The fourth-order valence-electron chi connectivity index (χ4n) is 0.752. The number of alkyl halides is 3. The van der Waals surface area contributed by atoms with Crippen LogP contribution in [0.25, 0.3) is 0 Å². The van der Waals surface area contributed by atoms with E-state index in [2.05, 4.69) is 15.9 Å². The van der Waals surface area contributed by atoms with Gasteiger partial charge in [-0.1, -0.05) is 50.7 Å². The molecule has 1 aliphatic rings. The van der Waals surface area contributed by atoms with Gasteiger partial charge in [-0.05, 0) is 6.92 Å². The van der Waals surface area contributed by atoms with Crippen LogP contribution in [0.15, 0.2) is 10.1 Å². The van der Waals surface area contributed by atoms with Gasteiger partial charge in [0.2, 0.25) is 3.79 Å². The van der Waals surface area contributed by atoms with E-state index < -0.39 is 15.9 Å². The Hall–Kier alpha value is 0.560. The molecule has 0 aliphatic carbocycles. The maximum atomic E-state index is 11.0. The number of carbonyl (C=O) groups excluding carboxylic acids is 1. The van der Waals surface area contributed by atoms with Crippen molar-refractivity contribution in [1.82, 2.24) is 0 Å². The van der Waals surface area contributed by atoms with Crippen LogP contribution in [0.1, 0.15) is 6.92 Å². The maximum absolute atomic E-state index is 11.0. The first-order valence-electron chi connectivity index (χ1n) is 2.98. The number of rotatable bonds is 0. The van der Waals surface area contributed by atoms with E-state index in [4.69, 9.17) is 39.5 Å². The van der Waals surface area contributed by atoms with Crippen molar-refractivity contribution >= 4 is 56.7 Å². The summed E-state index contributed by atoms with van der Waals surface area (Å²) in [5, 5.41) is 0. The Balaban J connectivity index is 2.95. The largest absolute Gasteiger partial charge is 0.449 e. The second-order valence-corrected chi connectivity index (χ2v) is 5.52. The fraction of sp³-hybridized carbons (Fsp3) is 0.500. The van der Waals surface area contributed by atoms with Gasteiger partial charge in [0.05, 0.1) is 4.48 Å². The van der Waals surface area contributed by atoms with E-state index in [0.29, 0.717) is 10.1 Å². The van der Waals surface area contributed by atoms with Gasteiger partial charge in [-0.15, -0.1) is 0 Å². The highest BCUT2D eigenvalue weighted by Gasteiger charge is 2.43. The fourth-order valence-corrected chi connectivity index (χ4v) is 2.21. The topological polar surface area (TPSA) is 26.3 Å². The van der Waals surface area contributed by atoms with Crippen LogP contribution in [-0.4, -0.2) is 15.9 Å². The molecule has 0 aromatic rings. The Bertz CT molecular complexity index is 256. The molecule has 0 saturated carbocycles. The number of hydrogen-bond donors (Lipinski definition) is 0. The molecule has 0 aromatic carbocycles. The first-order valence-corrected chi connectivity index (χ1v) is 4.90. The molecule has 0 unspecified atom stereocenters. The lowest BCUT2D eigenvalue weighted by Gasteiger charge is -2.18. The average Bonchev–Trinajstić information content (AvgIpc) is 2.15. The molecule has 0 bridgehead atoms. The number of cyclic esters (lactones) is 1. The molecule has 1 heterocycles. The van der Waals surface area contributed by atoms with Crippen molar-refractivity contribution in [2.45, 2.75) is 16.8 Å². The standard InChI is InChI=1S/C6H4BrCl3O2/c1-2-3(7)4(6(8,9)10)12-5(2)11/h4H,1H3/t4-/m1/s1. The van der Waals surface area contributed by atoms with Crippen LogP contribution in [0.3, 0.4) is 0 Å². The van der Waals surface area contributed by atoms with E-state index in [1.54, 1.807) is 6.92 Å². The zero-order valence-corrected chi connectivity index (χ0v) is 9.76. The lowest BCUT2D eigenvalue weighted by atomic mass is 10.3.